The maximum Gasteiger partial charge on any atom is 0.234 e. The van der Waals surface area contributed by atoms with Gasteiger partial charge in [-0.2, -0.15) is 0 Å². The second-order valence-corrected chi connectivity index (χ2v) is 5.49. The molecule has 1 unspecified atom stereocenters. The lowest BCUT2D eigenvalue weighted by molar-refractivity contribution is -0.122. The predicted molar refractivity (Wildman–Crippen MR) is 73.5 cm³/mol. The second kappa shape index (κ2) is 6.15. The Kier molecular flexibility index (Phi) is 4.53. The molecular weight excluding hydrogens is 243 g/mol. The van der Waals surface area contributed by atoms with Gasteiger partial charge in [-0.3, -0.25) is 9.69 Å². The van der Waals surface area contributed by atoms with Gasteiger partial charge in [0.2, 0.25) is 5.91 Å². The van der Waals surface area contributed by atoms with E-state index in [1.807, 2.05) is 26.0 Å². The zero-order chi connectivity index (χ0) is 13.8. The molecule has 104 valence electrons. The molecule has 3 nitrogen and oxygen atoms in total. The van der Waals surface area contributed by atoms with E-state index < -0.39 is 0 Å². The van der Waals surface area contributed by atoms with Crippen molar-refractivity contribution in [3.05, 3.63) is 35.6 Å². The number of carbonyl (C=O) groups excluding carboxylic acids is 1. The molecule has 0 aliphatic carbocycles. The van der Waals surface area contributed by atoms with Crippen LogP contribution in [0, 0.1) is 5.82 Å². The van der Waals surface area contributed by atoms with E-state index in [4.69, 9.17) is 0 Å². The lowest BCUT2D eigenvalue weighted by Crippen LogP contribution is -2.39. The van der Waals surface area contributed by atoms with Gasteiger partial charge in [0, 0.05) is 12.6 Å². The molecule has 1 N–H and O–H groups in total. The van der Waals surface area contributed by atoms with Crippen molar-refractivity contribution >= 4 is 5.91 Å². The number of benzene rings is 1. The van der Waals surface area contributed by atoms with Crippen LogP contribution in [0.15, 0.2) is 24.3 Å². The largest absolute Gasteiger partial charge is 0.353 e. The number of hydrogen-bond donors (Lipinski definition) is 1. The Morgan fingerprint density at radius 3 is 2.74 bits per heavy atom. The quantitative estimate of drug-likeness (QED) is 0.903. The molecule has 0 bridgehead atoms. The predicted octanol–water partition coefficient (Wildman–Crippen LogP) is 2.14. The van der Waals surface area contributed by atoms with E-state index in [0.29, 0.717) is 12.5 Å². The van der Waals surface area contributed by atoms with Crippen LogP contribution in [-0.2, 0) is 4.79 Å². The Morgan fingerprint density at radius 2 is 2.11 bits per heavy atom. The average Bonchev–Trinajstić information content (AvgIpc) is 2.77. The van der Waals surface area contributed by atoms with Crippen LogP contribution in [0.25, 0.3) is 0 Å². The van der Waals surface area contributed by atoms with Crippen LogP contribution in [0.4, 0.5) is 4.39 Å². The summed E-state index contributed by atoms with van der Waals surface area (Å²) in [5.41, 5.74) is 1.16. The Hall–Kier alpha value is -1.42. The molecule has 1 fully saturated rings. The van der Waals surface area contributed by atoms with Gasteiger partial charge in [-0.25, -0.2) is 4.39 Å². The summed E-state index contributed by atoms with van der Waals surface area (Å²) in [5.74, 6) is 0.289. The third-order valence-corrected chi connectivity index (χ3v) is 3.43. The van der Waals surface area contributed by atoms with Gasteiger partial charge in [0.1, 0.15) is 5.82 Å². The van der Waals surface area contributed by atoms with E-state index in [0.717, 1.165) is 25.1 Å². The van der Waals surface area contributed by atoms with Crippen molar-refractivity contribution in [2.24, 2.45) is 0 Å². The number of hydrogen-bond acceptors (Lipinski definition) is 2. The zero-order valence-corrected chi connectivity index (χ0v) is 11.5. The van der Waals surface area contributed by atoms with Crippen LogP contribution in [0.3, 0.4) is 0 Å². The Labute approximate surface area is 113 Å². The maximum atomic E-state index is 12.9. The molecule has 19 heavy (non-hydrogen) atoms. The number of carbonyl (C=O) groups is 1. The monoisotopic (exact) mass is 264 g/mol. The van der Waals surface area contributed by atoms with E-state index in [-0.39, 0.29) is 17.8 Å². The SMILES string of the molecule is CC(C)NC(=O)CN1CCC(c2ccc(F)cc2)C1. The number of likely N-dealkylation sites (tertiary alicyclic amines) is 1. The van der Waals surface area contributed by atoms with Gasteiger partial charge in [-0.1, -0.05) is 12.1 Å². The third kappa shape index (κ3) is 4.03. The van der Waals surface area contributed by atoms with Crippen LogP contribution in [0.2, 0.25) is 0 Å². The van der Waals surface area contributed by atoms with Gasteiger partial charge in [-0.15, -0.1) is 0 Å². The summed E-state index contributed by atoms with van der Waals surface area (Å²) < 4.78 is 12.9. The highest BCUT2D eigenvalue weighted by Crippen LogP contribution is 2.26. The van der Waals surface area contributed by atoms with Crippen molar-refractivity contribution in [1.82, 2.24) is 10.2 Å². The number of rotatable bonds is 4. The molecule has 4 heteroatoms. The van der Waals surface area contributed by atoms with E-state index in [9.17, 15) is 9.18 Å². The van der Waals surface area contributed by atoms with Crippen LogP contribution in [0.5, 0.6) is 0 Å². The summed E-state index contributed by atoms with van der Waals surface area (Å²) >= 11 is 0. The molecule has 0 radical (unpaired) electrons. The zero-order valence-electron chi connectivity index (χ0n) is 11.5. The third-order valence-electron chi connectivity index (χ3n) is 3.43. The Morgan fingerprint density at radius 1 is 1.42 bits per heavy atom. The van der Waals surface area contributed by atoms with Crippen molar-refractivity contribution in [2.75, 3.05) is 19.6 Å². The Bertz CT molecular complexity index is 430. The van der Waals surface area contributed by atoms with Crippen LogP contribution >= 0.6 is 0 Å². The maximum absolute atomic E-state index is 12.9. The molecule has 1 atom stereocenters. The highest BCUT2D eigenvalue weighted by Gasteiger charge is 2.25. The molecule has 1 aliphatic heterocycles. The van der Waals surface area contributed by atoms with Crippen molar-refractivity contribution in [3.63, 3.8) is 0 Å². The fourth-order valence-electron chi connectivity index (χ4n) is 2.55. The lowest BCUT2D eigenvalue weighted by Gasteiger charge is -2.17. The molecule has 0 saturated carbocycles. The minimum Gasteiger partial charge on any atom is -0.353 e. The minimum atomic E-state index is -0.199. The smallest absolute Gasteiger partial charge is 0.234 e. The van der Waals surface area contributed by atoms with E-state index in [1.165, 1.54) is 12.1 Å². The fraction of sp³-hybridized carbons (Fsp3) is 0.533. The average molecular weight is 264 g/mol. The standard InChI is InChI=1S/C15H21FN2O/c1-11(2)17-15(19)10-18-8-7-13(9-18)12-3-5-14(16)6-4-12/h3-6,11,13H,7-10H2,1-2H3,(H,17,19). The molecule has 0 aromatic heterocycles. The van der Waals surface area contributed by atoms with Crippen molar-refractivity contribution in [2.45, 2.75) is 32.2 Å². The first-order chi connectivity index (χ1) is 9.04. The molecule has 1 aliphatic rings. The number of amides is 1. The van der Waals surface area contributed by atoms with Gasteiger partial charge in [-0.05, 0) is 50.4 Å². The molecule has 1 aromatic carbocycles. The van der Waals surface area contributed by atoms with Gasteiger partial charge in [0.05, 0.1) is 6.54 Å². The molecule has 1 heterocycles. The van der Waals surface area contributed by atoms with Crippen molar-refractivity contribution in [3.8, 4) is 0 Å². The summed E-state index contributed by atoms with van der Waals surface area (Å²) in [6, 6.07) is 6.88. The summed E-state index contributed by atoms with van der Waals surface area (Å²) in [4.78, 5) is 13.9. The minimum absolute atomic E-state index is 0.0785. The highest BCUT2D eigenvalue weighted by molar-refractivity contribution is 5.78. The van der Waals surface area contributed by atoms with Gasteiger partial charge < -0.3 is 5.32 Å². The summed E-state index contributed by atoms with van der Waals surface area (Å²) in [5, 5.41) is 2.90. The first kappa shape index (κ1) is 14.0. The molecular formula is C15H21FN2O. The molecule has 0 spiro atoms. The number of nitrogens with one attached hydrogen (secondary N) is 1. The van der Waals surface area contributed by atoms with Gasteiger partial charge in [0.15, 0.2) is 0 Å². The topological polar surface area (TPSA) is 32.3 Å². The van der Waals surface area contributed by atoms with Gasteiger partial charge in [0.25, 0.3) is 0 Å². The summed E-state index contributed by atoms with van der Waals surface area (Å²) in [7, 11) is 0. The first-order valence-corrected chi connectivity index (χ1v) is 6.82. The van der Waals surface area contributed by atoms with Crippen LogP contribution < -0.4 is 5.32 Å². The second-order valence-electron chi connectivity index (χ2n) is 5.49. The van der Waals surface area contributed by atoms with Crippen LogP contribution in [0.1, 0.15) is 31.7 Å². The molecule has 1 aromatic rings. The van der Waals surface area contributed by atoms with E-state index in [2.05, 4.69) is 10.2 Å². The normalized spacial score (nSPS) is 19.9. The fourth-order valence-corrected chi connectivity index (χ4v) is 2.55. The van der Waals surface area contributed by atoms with Crippen molar-refractivity contribution in [1.29, 1.82) is 0 Å². The van der Waals surface area contributed by atoms with Crippen LogP contribution in [-0.4, -0.2) is 36.5 Å². The molecule has 2 rings (SSSR count). The first-order valence-electron chi connectivity index (χ1n) is 6.82. The number of nitrogens with zero attached hydrogens (tertiary/aromatic N) is 1. The lowest BCUT2D eigenvalue weighted by atomic mass is 9.99. The number of halogens is 1. The summed E-state index contributed by atoms with van der Waals surface area (Å²) in [6.07, 6.45) is 1.03. The highest BCUT2D eigenvalue weighted by atomic mass is 19.1. The van der Waals surface area contributed by atoms with E-state index in [1.54, 1.807) is 0 Å². The Balaban J connectivity index is 1.86. The molecule has 1 amide bonds. The van der Waals surface area contributed by atoms with E-state index >= 15 is 0 Å². The van der Waals surface area contributed by atoms with Crippen molar-refractivity contribution < 1.29 is 9.18 Å². The molecule has 1 saturated heterocycles. The van der Waals surface area contributed by atoms with Gasteiger partial charge >= 0.3 is 0 Å². The summed E-state index contributed by atoms with van der Waals surface area (Å²) in [6.45, 7) is 6.17.